The number of esters is 1. The molecule has 0 aliphatic carbocycles. The summed E-state index contributed by atoms with van der Waals surface area (Å²) in [6.45, 7) is 3.67. The number of carbonyl (C=O) groups is 1. The van der Waals surface area contributed by atoms with Crippen molar-refractivity contribution in [1.82, 2.24) is 9.97 Å². The average Bonchev–Trinajstić information content (AvgIpc) is 2.69. The standard InChI is InChI=1S/C11H16N4O2/c1-7-5-15(6-8(7)12)10-4-13-3-9(14-10)11(16)17-2/h3-4,7-8H,5-6,12H2,1-2H3. The first-order chi connectivity index (χ1) is 8.11. The maximum Gasteiger partial charge on any atom is 0.358 e. The van der Waals surface area contributed by atoms with Gasteiger partial charge in [-0.05, 0) is 5.92 Å². The van der Waals surface area contributed by atoms with Gasteiger partial charge in [-0.3, -0.25) is 4.98 Å². The van der Waals surface area contributed by atoms with Gasteiger partial charge in [0.2, 0.25) is 0 Å². The highest BCUT2D eigenvalue weighted by molar-refractivity contribution is 5.87. The molecule has 92 valence electrons. The van der Waals surface area contributed by atoms with E-state index < -0.39 is 5.97 Å². The molecule has 2 N–H and O–H groups in total. The molecule has 1 aliphatic heterocycles. The van der Waals surface area contributed by atoms with Crippen molar-refractivity contribution in [1.29, 1.82) is 0 Å². The molecule has 0 radical (unpaired) electrons. The molecule has 1 fully saturated rings. The van der Waals surface area contributed by atoms with Gasteiger partial charge < -0.3 is 15.4 Å². The number of anilines is 1. The Morgan fingerprint density at radius 1 is 1.53 bits per heavy atom. The average molecular weight is 236 g/mol. The van der Waals surface area contributed by atoms with Gasteiger partial charge in [-0.15, -0.1) is 0 Å². The number of nitrogens with zero attached hydrogens (tertiary/aromatic N) is 3. The van der Waals surface area contributed by atoms with Crippen molar-refractivity contribution in [3.8, 4) is 0 Å². The molecular weight excluding hydrogens is 220 g/mol. The van der Waals surface area contributed by atoms with Gasteiger partial charge in [0.05, 0.1) is 19.5 Å². The Morgan fingerprint density at radius 2 is 2.29 bits per heavy atom. The molecule has 0 bridgehead atoms. The van der Waals surface area contributed by atoms with Crippen LogP contribution in [0.15, 0.2) is 12.4 Å². The van der Waals surface area contributed by atoms with Crippen LogP contribution in [0.5, 0.6) is 0 Å². The Bertz CT molecular complexity index is 414. The van der Waals surface area contributed by atoms with Crippen LogP contribution in [-0.4, -0.2) is 42.2 Å². The van der Waals surface area contributed by atoms with Crippen LogP contribution in [0.3, 0.4) is 0 Å². The molecule has 1 aliphatic rings. The SMILES string of the molecule is COC(=O)c1cncc(N2CC(C)C(N)C2)n1. The van der Waals surface area contributed by atoms with Crippen molar-refractivity contribution in [3.63, 3.8) is 0 Å². The smallest absolute Gasteiger partial charge is 0.358 e. The van der Waals surface area contributed by atoms with Crippen molar-refractivity contribution >= 4 is 11.8 Å². The largest absolute Gasteiger partial charge is 0.464 e. The Balaban J connectivity index is 2.19. The summed E-state index contributed by atoms with van der Waals surface area (Å²) in [5, 5.41) is 0. The lowest BCUT2D eigenvalue weighted by molar-refractivity contribution is 0.0593. The summed E-state index contributed by atoms with van der Waals surface area (Å²) in [6, 6.07) is 0.138. The van der Waals surface area contributed by atoms with Crippen molar-refractivity contribution < 1.29 is 9.53 Å². The van der Waals surface area contributed by atoms with E-state index in [0.29, 0.717) is 11.7 Å². The number of aromatic nitrogens is 2. The number of hydrogen-bond donors (Lipinski definition) is 1. The monoisotopic (exact) mass is 236 g/mol. The minimum Gasteiger partial charge on any atom is -0.464 e. The highest BCUT2D eigenvalue weighted by Gasteiger charge is 2.27. The molecule has 0 spiro atoms. The summed E-state index contributed by atoms with van der Waals surface area (Å²) in [5.41, 5.74) is 6.17. The van der Waals surface area contributed by atoms with Crippen LogP contribution in [0, 0.1) is 5.92 Å². The number of carbonyl (C=O) groups excluding carboxylic acids is 1. The second-order valence-corrected chi connectivity index (χ2v) is 4.30. The van der Waals surface area contributed by atoms with E-state index in [4.69, 9.17) is 5.73 Å². The maximum atomic E-state index is 11.3. The first kappa shape index (κ1) is 11.8. The first-order valence-electron chi connectivity index (χ1n) is 5.52. The third kappa shape index (κ3) is 2.36. The minimum atomic E-state index is -0.476. The number of rotatable bonds is 2. The molecule has 0 saturated carbocycles. The fourth-order valence-corrected chi connectivity index (χ4v) is 1.89. The van der Waals surface area contributed by atoms with Crippen LogP contribution in [0.25, 0.3) is 0 Å². The highest BCUT2D eigenvalue weighted by Crippen LogP contribution is 2.20. The van der Waals surface area contributed by atoms with Crippen molar-refractivity contribution in [3.05, 3.63) is 18.1 Å². The molecule has 2 atom stereocenters. The maximum absolute atomic E-state index is 11.3. The number of hydrogen-bond acceptors (Lipinski definition) is 6. The molecule has 6 heteroatoms. The van der Waals surface area contributed by atoms with Crippen LogP contribution in [0.1, 0.15) is 17.4 Å². The predicted molar refractivity (Wildman–Crippen MR) is 62.7 cm³/mol. The summed E-state index contributed by atoms with van der Waals surface area (Å²) in [4.78, 5) is 21.6. The van der Waals surface area contributed by atoms with Gasteiger partial charge in [-0.1, -0.05) is 6.92 Å². The second kappa shape index (κ2) is 4.67. The van der Waals surface area contributed by atoms with E-state index in [1.807, 2.05) is 4.90 Å². The molecule has 1 aromatic rings. The first-order valence-corrected chi connectivity index (χ1v) is 5.52. The molecule has 2 rings (SSSR count). The van der Waals surface area contributed by atoms with Crippen LogP contribution >= 0.6 is 0 Å². The van der Waals surface area contributed by atoms with Crippen LogP contribution < -0.4 is 10.6 Å². The van der Waals surface area contributed by atoms with E-state index in [1.165, 1.54) is 13.3 Å². The number of nitrogens with two attached hydrogens (primary N) is 1. The van der Waals surface area contributed by atoms with Gasteiger partial charge in [0, 0.05) is 19.1 Å². The molecule has 2 heterocycles. The van der Waals surface area contributed by atoms with Crippen molar-refractivity contribution in [2.45, 2.75) is 13.0 Å². The Hall–Kier alpha value is -1.69. The van der Waals surface area contributed by atoms with Crippen LogP contribution in [0.4, 0.5) is 5.82 Å². The quantitative estimate of drug-likeness (QED) is 0.730. The second-order valence-electron chi connectivity index (χ2n) is 4.30. The molecule has 1 aromatic heterocycles. The van der Waals surface area contributed by atoms with Crippen LogP contribution in [0.2, 0.25) is 0 Å². The summed E-state index contributed by atoms with van der Waals surface area (Å²) in [7, 11) is 1.32. The van der Waals surface area contributed by atoms with Gasteiger partial charge >= 0.3 is 5.97 Å². The van der Waals surface area contributed by atoms with Crippen molar-refractivity contribution in [2.75, 3.05) is 25.1 Å². The van der Waals surface area contributed by atoms with Gasteiger partial charge in [-0.2, -0.15) is 0 Å². The summed E-state index contributed by atoms with van der Waals surface area (Å²) >= 11 is 0. The number of ether oxygens (including phenoxy) is 1. The van der Waals surface area contributed by atoms with Gasteiger partial charge in [-0.25, -0.2) is 9.78 Å². The van der Waals surface area contributed by atoms with Gasteiger partial charge in [0.25, 0.3) is 0 Å². The van der Waals surface area contributed by atoms with Gasteiger partial charge in [0.15, 0.2) is 5.69 Å². The lowest BCUT2D eigenvalue weighted by Crippen LogP contribution is -2.29. The van der Waals surface area contributed by atoms with Crippen molar-refractivity contribution in [2.24, 2.45) is 11.7 Å². The molecular formula is C11H16N4O2. The molecule has 2 unspecified atom stereocenters. The normalized spacial score (nSPS) is 23.8. The fraction of sp³-hybridized carbons (Fsp3) is 0.545. The fourth-order valence-electron chi connectivity index (χ4n) is 1.89. The van der Waals surface area contributed by atoms with Crippen LogP contribution in [-0.2, 0) is 4.74 Å². The summed E-state index contributed by atoms with van der Waals surface area (Å²) in [6.07, 6.45) is 3.03. The Kier molecular flexibility index (Phi) is 3.23. The summed E-state index contributed by atoms with van der Waals surface area (Å²) < 4.78 is 4.61. The van der Waals surface area contributed by atoms with E-state index >= 15 is 0 Å². The van der Waals surface area contributed by atoms with E-state index in [9.17, 15) is 4.79 Å². The number of methoxy groups -OCH3 is 1. The van der Waals surface area contributed by atoms with E-state index in [1.54, 1.807) is 6.20 Å². The minimum absolute atomic E-state index is 0.138. The topological polar surface area (TPSA) is 81.3 Å². The highest BCUT2D eigenvalue weighted by atomic mass is 16.5. The van der Waals surface area contributed by atoms with E-state index in [2.05, 4.69) is 21.6 Å². The molecule has 1 saturated heterocycles. The molecule has 6 nitrogen and oxygen atoms in total. The molecule has 0 amide bonds. The zero-order chi connectivity index (χ0) is 12.4. The van der Waals surface area contributed by atoms with E-state index in [0.717, 1.165) is 13.1 Å². The molecule has 0 aromatic carbocycles. The third-order valence-electron chi connectivity index (χ3n) is 3.01. The zero-order valence-corrected chi connectivity index (χ0v) is 9.96. The lowest BCUT2D eigenvalue weighted by Gasteiger charge is -2.16. The van der Waals surface area contributed by atoms with Gasteiger partial charge in [0.1, 0.15) is 5.82 Å². The van der Waals surface area contributed by atoms with E-state index in [-0.39, 0.29) is 11.7 Å². The third-order valence-corrected chi connectivity index (χ3v) is 3.01. The molecule has 17 heavy (non-hydrogen) atoms. The Labute approximate surface area is 99.8 Å². The summed E-state index contributed by atoms with van der Waals surface area (Å²) in [5.74, 6) is 0.613. The Morgan fingerprint density at radius 3 is 2.88 bits per heavy atom. The lowest BCUT2D eigenvalue weighted by atomic mass is 10.1. The zero-order valence-electron chi connectivity index (χ0n) is 9.96. The predicted octanol–water partition coefficient (Wildman–Crippen LogP) is 0.0466.